The number of aromatic nitrogens is 3. The van der Waals surface area contributed by atoms with Crippen LogP contribution in [0.5, 0.6) is 0 Å². The van der Waals surface area contributed by atoms with E-state index in [1.807, 2.05) is 4.57 Å². The number of aryl methyl sites for hydroxylation is 2. The number of carbonyl (C=O) groups is 2. The van der Waals surface area contributed by atoms with Gasteiger partial charge in [-0.3, -0.25) is 14.4 Å². The highest BCUT2D eigenvalue weighted by atomic mass is 35.5. The fraction of sp³-hybridized carbons (Fsp3) is 0.250. The number of nitrogens with zero attached hydrogens (tertiary/aromatic N) is 4. The summed E-state index contributed by atoms with van der Waals surface area (Å²) in [5.74, 6) is 0.0712. The van der Waals surface area contributed by atoms with Gasteiger partial charge in [0.1, 0.15) is 22.7 Å². The molecule has 9 heteroatoms. The Morgan fingerprint density at radius 3 is 2.52 bits per heavy atom. The molecule has 1 aromatic carbocycles. The third kappa shape index (κ3) is 3.28. The van der Waals surface area contributed by atoms with E-state index in [2.05, 4.69) is 10.2 Å². The maximum atomic E-state index is 12.1. The highest BCUT2D eigenvalue weighted by Crippen LogP contribution is 2.40. The first kappa shape index (κ1) is 19.5. The predicted octanol–water partition coefficient (Wildman–Crippen LogP) is 4.17. The van der Waals surface area contributed by atoms with Crippen molar-refractivity contribution >= 4 is 40.4 Å². The van der Waals surface area contributed by atoms with Crippen LogP contribution in [0.4, 0.5) is 0 Å². The fourth-order valence-corrected chi connectivity index (χ4v) is 4.85. The highest BCUT2D eigenvalue weighted by Gasteiger charge is 2.34. The molecule has 0 saturated carbocycles. The Hall–Kier alpha value is -2.84. The third-order valence-electron chi connectivity index (χ3n) is 4.75. The van der Waals surface area contributed by atoms with E-state index in [1.54, 1.807) is 38.1 Å². The maximum absolute atomic E-state index is 12.1. The molecule has 0 amide bonds. The number of benzene rings is 1. The van der Waals surface area contributed by atoms with Crippen LogP contribution in [0.25, 0.3) is 5.00 Å². The van der Waals surface area contributed by atoms with E-state index in [0.717, 1.165) is 5.56 Å². The first-order valence-electron chi connectivity index (χ1n) is 8.90. The summed E-state index contributed by atoms with van der Waals surface area (Å²) in [6.07, 6.45) is 0.144. The van der Waals surface area contributed by atoms with Gasteiger partial charge in [0.2, 0.25) is 0 Å². The van der Waals surface area contributed by atoms with Crippen molar-refractivity contribution in [3.63, 3.8) is 0 Å². The van der Waals surface area contributed by atoms with E-state index in [9.17, 15) is 14.7 Å². The number of rotatable bonds is 4. The van der Waals surface area contributed by atoms with Gasteiger partial charge in [0, 0.05) is 21.9 Å². The highest BCUT2D eigenvalue weighted by molar-refractivity contribution is 7.15. The predicted molar refractivity (Wildman–Crippen MR) is 111 cm³/mol. The number of ketones is 1. The normalized spacial score (nSPS) is 15.3. The maximum Gasteiger partial charge on any atom is 0.337 e. The summed E-state index contributed by atoms with van der Waals surface area (Å²) in [6, 6.07) is 6.49. The molecular weight excluding hydrogens is 412 g/mol. The molecule has 0 radical (unpaired) electrons. The van der Waals surface area contributed by atoms with E-state index in [-0.39, 0.29) is 17.8 Å². The molecule has 29 heavy (non-hydrogen) atoms. The lowest BCUT2D eigenvalue weighted by Crippen LogP contribution is -2.12. The number of carboxylic acid groups (broad SMARTS) is 1. The van der Waals surface area contributed by atoms with Crippen LogP contribution in [0.15, 0.2) is 29.3 Å². The van der Waals surface area contributed by atoms with Gasteiger partial charge in [0.25, 0.3) is 0 Å². The number of aliphatic imine (C=N–C) groups is 1. The van der Waals surface area contributed by atoms with Crippen molar-refractivity contribution < 1.29 is 14.7 Å². The van der Waals surface area contributed by atoms with Crippen LogP contribution in [0, 0.1) is 13.8 Å². The van der Waals surface area contributed by atoms with Gasteiger partial charge in [0.05, 0.1) is 16.8 Å². The lowest BCUT2D eigenvalue weighted by molar-refractivity contribution is -0.117. The van der Waals surface area contributed by atoms with Crippen LogP contribution in [0.1, 0.15) is 57.4 Å². The first-order valence-corrected chi connectivity index (χ1v) is 10.1. The van der Waals surface area contributed by atoms with Crippen molar-refractivity contribution in [3.05, 3.63) is 62.5 Å². The molecule has 1 aliphatic rings. The summed E-state index contributed by atoms with van der Waals surface area (Å²) in [4.78, 5) is 29.6. The summed E-state index contributed by atoms with van der Waals surface area (Å²) in [5.41, 5.74) is 1.94. The number of fused-ring (bicyclic) bond motifs is 3. The summed E-state index contributed by atoms with van der Waals surface area (Å²) in [7, 11) is 0. The summed E-state index contributed by atoms with van der Waals surface area (Å²) >= 11 is 7.40. The smallest absolute Gasteiger partial charge is 0.337 e. The second kappa shape index (κ2) is 7.20. The van der Waals surface area contributed by atoms with Gasteiger partial charge in [-0.1, -0.05) is 23.7 Å². The van der Waals surface area contributed by atoms with Crippen LogP contribution in [-0.4, -0.2) is 37.3 Å². The molecule has 1 N–H and O–H groups in total. The largest absolute Gasteiger partial charge is 0.478 e. The summed E-state index contributed by atoms with van der Waals surface area (Å²) in [6.45, 7) is 5.07. The molecule has 1 atom stereocenters. The minimum atomic E-state index is -1.03. The van der Waals surface area contributed by atoms with E-state index in [0.29, 0.717) is 37.8 Å². The van der Waals surface area contributed by atoms with Crippen molar-refractivity contribution in [2.45, 2.75) is 33.2 Å². The van der Waals surface area contributed by atoms with Crippen molar-refractivity contribution in [1.29, 1.82) is 0 Å². The van der Waals surface area contributed by atoms with Crippen LogP contribution in [0.3, 0.4) is 0 Å². The number of hydrogen-bond donors (Lipinski definition) is 1. The molecule has 2 aromatic heterocycles. The number of thiophene rings is 1. The first-order chi connectivity index (χ1) is 13.8. The quantitative estimate of drug-likeness (QED) is 0.672. The average molecular weight is 429 g/mol. The standard InChI is InChI=1S/C20H17ClN4O3S/c1-9(26)8-14-18-24-23-11(3)25(18)19-16(15(20(27)28)10(2)29-19)17(22-14)12-4-6-13(21)7-5-12/h4-7,14H,8H2,1-3H3,(H,27,28)/t14-/m1/s1. The lowest BCUT2D eigenvalue weighted by atomic mass is 9.99. The van der Waals surface area contributed by atoms with Gasteiger partial charge in [-0.2, -0.15) is 0 Å². The van der Waals surface area contributed by atoms with E-state index in [1.165, 1.54) is 18.3 Å². The van der Waals surface area contributed by atoms with Crippen LogP contribution in [-0.2, 0) is 4.79 Å². The molecule has 3 aromatic rings. The van der Waals surface area contributed by atoms with Crippen LogP contribution >= 0.6 is 22.9 Å². The Balaban J connectivity index is 2.09. The topological polar surface area (TPSA) is 97.4 Å². The molecule has 3 heterocycles. The molecule has 7 nitrogen and oxygen atoms in total. The Labute approximate surface area is 175 Å². The monoisotopic (exact) mass is 428 g/mol. The number of Topliss-reactive ketones (excluding diaryl/α,β-unsaturated/α-hetero) is 1. The molecule has 1 aliphatic heterocycles. The van der Waals surface area contributed by atoms with Crippen LogP contribution in [0.2, 0.25) is 5.02 Å². The Bertz CT molecular complexity index is 1180. The van der Waals surface area contributed by atoms with Gasteiger partial charge in [0.15, 0.2) is 5.82 Å². The SMILES string of the molecule is CC(=O)C[C@H]1N=C(c2ccc(Cl)cc2)c2c(sc(C)c2C(=O)O)-n2c(C)nnc21. The molecule has 148 valence electrons. The molecule has 4 rings (SSSR count). The Kier molecular flexibility index (Phi) is 4.84. The molecule has 0 aliphatic carbocycles. The minimum Gasteiger partial charge on any atom is -0.478 e. The number of carboxylic acids is 1. The number of aromatic carboxylic acids is 1. The summed E-state index contributed by atoms with van der Waals surface area (Å²) < 4.78 is 1.82. The van der Waals surface area contributed by atoms with E-state index >= 15 is 0 Å². The zero-order chi connectivity index (χ0) is 20.9. The Morgan fingerprint density at radius 2 is 1.90 bits per heavy atom. The zero-order valence-corrected chi connectivity index (χ0v) is 17.5. The molecule has 0 bridgehead atoms. The van der Waals surface area contributed by atoms with Gasteiger partial charge in [-0.25, -0.2) is 4.79 Å². The molecular formula is C20H17ClN4O3S. The fourth-order valence-electron chi connectivity index (χ4n) is 3.52. The second-order valence-corrected chi connectivity index (χ2v) is 8.51. The lowest BCUT2D eigenvalue weighted by Gasteiger charge is -2.11. The number of hydrogen-bond acceptors (Lipinski definition) is 6. The van der Waals surface area contributed by atoms with Crippen LogP contribution < -0.4 is 0 Å². The minimum absolute atomic E-state index is 0.0405. The summed E-state index contributed by atoms with van der Waals surface area (Å²) in [5, 5.41) is 19.6. The molecule has 0 saturated heterocycles. The second-order valence-electron chi connectivity index (χ2n) is 6.87. The van der Waals surface area contributed by atoms with Gasteiger partial charge in [-0.05, 0) is 32.9 Å². The van der Waals surface area contributed by atoms with Gasteiger partial charge < -0.3 is 5.11 Å². The van der Waals surface area contributed by atoms with E-state index in [4.69, 9.17) is 16.6 Å². The number of carbonyl (C=O) groups excluding carboxylic acids is 1. The number of halogens is 1. The van der Waals surface area contributed by atoms with Gasteiger partial charge in [-0.15, -0.1) is 21.5 Å². The third-order valence-corrected chi connectivity index (χ3v) is 6.09. The zero-order valence-electron chi connectivity index (χ0n) is 15.9. The molecule has 0 spiro atoms. The van der Waals surface area contributed by atoms with Crippen molar-refractivity contribution in [3.8, 4) is 5.00 Å². The molecule has 0 unspecified atom stereocenters. The van der Waals surface area contributed by atoms with Crippen molar-refractivity contribution in [2.24, 2.45) is 4.99 Å². The van der Waals surface area contributed by atoms with Crippen molar-refractivity contribution in [2.75, 3.05) is 0 Å². The Morgan fingerprint density at radius 1 is 1.21 bits per heavy atom. The molecule has 0 fully saturated rings. The van der Waals surface area contributed by atoms with Gasteiger partial charge >= 0.3 is 5.97 Å². The van der Waals surface area contributed by atoms with Crippen molar-refractivity contribution in [1.82, 2.24) is 14.8 Å². The average Bonchev–Trinajstić information content (AvgIpc) is 3.15. The van der Waals surface area contributed by atoms with E-state index < -0.39 is 12.0 Å².